The summed E-state index contributed by atoms with van der Waals surface area (Å²) in [6.45, 7) is 1.72. The molecule has 3 heterocycles. The Kier molecular flexibility index (Phi) is 4.52. The van der Waals surface area contributed by atoms with Gasteiger partial charge in [0.25, 0.3) is 0 Å². The van der Waals surface area contributed by atoms with Gasteiger partial charge in [0, 0.05) is 23.0 Å². The lowest BCUT2D eigenvalue weighted by molar-refractivity contribution is -0.142. The van der Waals surface area contributed by atoms with E-state index in [0.717, 1.165) is 18.2 Å². The van der Waals surface area contributed by atoms with E-state index in [4.69, 9.17) is 0 Å². The molecule has 0 N–H and O–H groups in total. The van der Waals surface area contributed by atoms with Gasteiger partial charge >= 0.3 is 12.4 Å². The standard InChI is InChI=1S/C20H12F6N4/c1-11-7-12(5-6-27-11)15-10-28-30-17(20(24,25)26)9-16(29-18(15)30)13-3-2-4-14(8-13)19(21,22)23/h2-10H,1H3. The Labute approximate surface area is 165 Å². The molecule has 0 amide bonds. The number of rotatable bonds is 2. The molecule has 0 bridgehead atoms. The zero-order valence-electron chi connectivity index (χ0n) is 15.3. The molecule has 4 aromatic rings. The second-order valence-corrected chi connectivity index (χ2v) is 6.58. The minimum atomic E-state index is -4.80. The van der Waals surface area contributed by atoms with Crippen molar-refractivity contribution in [1.82, 2.24) is 19.6 Å². The third kappa shape index (κ3) is 3.60. The molecule has 0 saturated carbocycles. The number of alkyl halides is 6. The van der Waals surface area contributed by atoms with Gasteiger partial charge in [0.15, 0.2) is 11.3 Å². The smallest absolute Gasteiger partial charge is 0.262 e. The van der Waals surface area contributed by atoms with Gasteiger partial charge in [-0.1, -0.05) is 12.1 Å². The van der Waals surface area contributed by atoms with Gasteiger partial charge in [-0.25, -0.2) is 9.50 Å². The Morgan fingerprint density at radius 2 is 1.63 bits per heavy atom. The highest BCUT2D eigenvalue weighted by atomic mass is 19.4. The lowest BCUT2D eigenvalue weighted by atomic mass is 10.1. The average Bonchev–Trinajstić information content (AvgIpc) is 3.10. The van der Waals surface area contributed by atoms with Gasteiger partial charge in [-0.2, -0.15) is 31.4 Å². The Hall–Kier alpha value is -3.43. The Bertz CT molecular complexity index is 1240. The first-order valence-corrected chi connectivity index (χ1v) is 8.61. The summed E-state index contributed by atoms with van der Waals surface area (Å²) in [5.74, 6) is 0. The second kappa shape index (κ2) is 6.82. The molecule has 0 fully saturated rings. The lowest BCUT2D eigenvalue weighted by Crippen LogP contribution is -2.14. The molecule has 154 valence electrons. The lowest BCUT2D eigenvalue weighted by Gasteiger charge is -2.13. The van der Waals surface area contributed by atoms with Crippen LogP contribution in [0.3, 0.4) is 0 Å². The van der Waals surface area contributed by atoms with Gasteiger partial charge < -0.3 is 0 Å². The van der Waals surface area contributed by atoms with Crippen molar-refractivity contribution in [1.29, 1.82) is 0 Å². The molecule has 0 aliphatic carbocycles. The predicted molar refractivity (Wildman–Crippen MR) is 96.4 cm³/mol. The van der Waals surface area contributed by atoms with Gasteiger partial charge in [0.2, 0.25) is 0 Å². The van der Waals surface area contributed by atoms with Crippen molar-refractivity contribution in [2.45, 2.75) is 19.3 Å². The van der Waals surface area contributed by atoms with Crippen LogP contribution in [-0.2, 0) is 12.4 Å². The zero-order valence-corrected chi connectivity index (χ0v) is 15.3. The Balaban J connectivity index is 1.99. The van der Waals surface area contributed by atoms with Crippen LogP contribution in [0.1, 0.15) is 17.0 Å². The number of fused-ring (bicyclic) bond motifs is 1. The molecular weight excluding hydrogens is 410 g/mol. The molecule has 0 atom stereocenters. The molecule has 4 nitrogen and oxygen atoms in total. The van der Waals surface area contributed by atoms with E-state index in [1.165, 1.54) is 18.5 Å². The van der Waals surface area contributed by atoms with Crippen LogP contribution in [0.4, 0.5) is 26.3 Å². The van der Waals surface area contributed by atoms with E-state index >= 15 is 0 Å². The SMILES string of the molecule is Cc1cc(-c2cnn3c(C(F)(F)F)cc(-c4cccc(C(F)(F)F)c4)nc23)ccn1. The maximum Gasteiger partial charge on any atom is 0.433 e. The minimum Gasteiger partial charge on any atom is -0.262 e. The highest BCUT2D eigenvalue weighted by Gasteiger charge is 2.36. The van der Waals surface area contributed by atoms with Crippen molar-refractivity contribution in [3.05, 3.63) is 71.8 Å². The van der Waals surface area contributed by atoms with Gasteiger partial charge in [-0.05, 0) is 42.8 Å². The summed E-state index contributed by atoms with van der Waals surface area (Å²) in [6, 6.07) is 7.96. The van der Waals surface area contributed by atoms with E-state index in [1.54, 1.807) is 19.1 Å². The molecular formula is C20H12F6N4. The number of hydrogen-bond acceptors (Lipinski definition) is 3. The summed E-state index contributed by atoms with van der Waals surface area (Å²) in [4.78, 5) is 8.27. The first-order chi connectivity index (χ1) is 14.0. The Morgan fingerprint density at radius 1 is 0.867 bits per heavy atom. The van der Waals surface area contributed by atoms with Crippen LogP contribution in [0.25, 0.3) is 28.0 Å². The number of aryl methyl sites for hydroxylation is 1. The number of hydrogen-bond donors (Lipinski definition) is 0. The highest BCUT2D eigenvalue weighted by molar-refractivity contribution is 5.79. The van der Waals surface area contributed by atoms with Crippen LogP contribution in [0.2, 0.25) is 0 Å². The third-order valence-corrected chi connectivity index (χ3v) is 4.46. The normalized spacial score (nSPS) is 12.5. The molecule has 1 aromatic carbocycles. The minimum absolute atomic E-state index is 0.0871. The second-order valence-electron chi connectivity index (χ2n) is 6.58. The summed E-state index contributed by atoms with van der Waals surface area (Å²) in [5, 5.41) is 3.82. The van der Waals surface area contributed by atoms with E-state index in [0.29, 0.717) is 27.4 Å². The average molecular weight is 422 g/mol. The van der Waals surface area contributed by atoms with E-state index < -0.39 is 23.6 Å². The fourth-order valence-corrected chi connectivity index (χ4v) is 3.08. The van der Waals surface area contributed by atoms with Crippen molar-refractivity contribution >= 4 is 5.65 Å². The molecule has 0 aliphatic heterocycles. The van der Waals surface area contributed by atoms with Crippen molar-refractivity contribution in [2.75, 3.05) is 0 Å². The molecule has 0 radical (unpaired) electrons. The van der Waals surface area contributed by atoms with Crippen molar-refractivity contribution in [2.24, 2.45) is 0 Å². The zero-order chi connectivity index (χ0) is 21.7. The van der Waals surface area contributed by atoms with Crippen LogP contribution < -0.4 is 0 Å². The molecule has 4 rings (SSSR count). The van der Waals surface area contributed by atoms with Crippen molar-refractivity contribution < 1.29 is 26.3 Å². The molecule has 0 aliphatic rings. The van der Waals surface area contributed by atoms with Gasteiger partial charge in [-0.3, -0.25) is 4.98 Å². The summed E-state index contributed by atoms with van der Waals surface area (Å²) in [7, 11) is 0. The van der Waals surface area contributed by atoms with E-state index in [9.17, 15) is 26.3 Å². The van der Waals surface area contributed by atoms with Gasteiger partial charge in [-0.15, -0.1) is 0 Å². The van der Waals surface area contributed by atoms with E-state index in [1.807, 2.05) is 0 Å². The highest BCUT2D eigenvalue weighted by Crippen LogP contribution is 2.36. The van der Waals surface area contributed by atoms with Crippen LogP contribution in [0.5, 0.6) is 0 Å². The number of aromatic nitrogens is 4. The van der Waals surface area contributed by atoms with Crippen LogP contribution >= 0.6 is 0 Å². The quantitative estimate of drug-likeness (QED) is 0.383. The van der Waals surface area contributed by atoms with E-state index in [2.05, 4.69) is 15.1 Å². The largest absolute Gasteiger partial charge is 0.433 e. The fraction of sp³-hybridized carbons (Fsp3) is 0.150. The molecule has 0 unspecified atom stereocenters. The van der Waals surface area contributed by atoms with E-state index in [-0.39, 0.29) is 16.9 Å². The summed E-state index contributed by atoms with van der Waals surface area (Å²) in [5.41, 5.74) is -1.09. The molecule has 30 heavy (non-hydrogen) atoms. The monoisotopic (exact) mass is 422 g/mol. The first-order valence-electron chi connectivity index (χ1n) is 8.61. The third-order valence-electron chi connectivity index (χ3n) is 4.46. The maximum absolute atomic E-state index is 13.7. The summed E-state index contributed by atoms with van der Waals surface area (Å²) in [6.07, 6.45) is -6.70. The Morgan fingerprint density at radius 3 is 2.30 bits per heavy atom. The topological polar surface area (TPSA) is 43.1 Å². The van der Waals surface area contributed by atoms with Gasteiger partial charge in [0.05, 0.1) is 17.5 Å². The van der Waals surface area contributed by atoms with Crippen LogP contribution in [0, 0.1) is 6.92 Å². The molecule has 0 saturated heterocycles. The van der Waals surface area contributed by atoms with Crippen molar-refractivity contribution in [3.8, 4) is 22.4 Å². The summed E-state index contributed by atoms with van der Waals surface area (Å²) < 4.78 is 80.9. The van der Waals surface area contributed by atoms with Crippen LogP contribution in [0.15, 0.2) is 54.9 Å². The number of pyridine rings is 1. The molecule has 0 spiro atoms. The summed E-state index contributed by atoms with van der Waals surface area (Å²) >= 11 is 0. The maximum atomic E-state index is 13.7. The first kappa shape index (κ1) is 19.9. The number of halogens is 6. The number of benzene rings is 1. The predicted octanol–water partition coefficient (Wildman–Crippen LogP) is 5.80. The molecule has 3 aromatic heterocycles. The van der Waals surface area contributed by atoms with Crippen LogP contribution in [-0.4, -0.2) is 19.6 Å². The van der Waals surface area contributed by atoms with Gasteiger partial charge in [0.1, 0.15) is 0 Å². The fourth-order valence-electron chi connectivity index (χ4n) is 3.08. The molecule has 10 heteroatoms. The number of nitrogens with zero attached hydrogens (tertiary/aromatic N) is 4. The van der Waals surface area contributed by atoms with Crippen molar-refractivity contribution in [3.63, 3.8) is 0 Å².